The molecule has 12 heavy (non-hydrogen) atoms. The summed E-state index contributed by atoms with van der Waals surface area (Å²) in [6, 6.07) is 0. The number of nitrogens with zero attached hydrogens (tertiary/aromatic N) is 1. The van der Waals surface area contributed by atoms with Crippen molar-refractivity contribution in [1.29, 1.82) is 0 Å². The Morgan fingerprint density at radius 3 is 3.08 bits per heavy atom. The summed E-state index contributed by atoms with van der Waals surface area (Å²) in [6.45, 7) is 1.15. The molecule has 3 nitrogen and oxygen atoms in total. The van der Waals surface area contributed by atoms with Crippen molar-refractivity contribution in [2.75, 3.05) is 20.2 Å². The Bertz CT molecular complexity index is 225. The Hall–Kier alpha value is -0.450. The van der Waals surface area contributed by atoms with Crippen molar-refractivity contribution in [3.63, 3.8) is 0 Å². The van der Waals surface area contributed by atoms with E-state index in [0.717, 1.165) is 23.7 Å². The van der Waals surface area contributed by atoms with Crippen LogP contribution in [-0.4, -0.2) is 30.3 Å². The zero-order chi connectivity index (χ0) is 8.81. The highest BCUT2D eigenvalue weighted by Gasteiger charge is 1.99. The summed E-state index contributed by atoms with van der Waals surface area (Å²) in [4.78, 5) is 4.36. The molecule has 1 heterocycles. The minimum atomic E-state index is 0.193. The van der Waals surface area contributed by atoms with Crippen molar-refractivity contribution in [1.82, 2.24) is 10.3 Å². The quantitative estimate of drug-likeness (QED) is 0.701. The van der Waals surface area contributed by atoms with Crippen LogP contribution in [0.4, 0.5) is 0 Å². The first-order valence-electron chi connectivity index (χ1n) is 4.05. The molecule has 0 aromatic carbocycles. The van der Waals surface area contributed by atoms with E-state index in [9.17, 15) is 0 Å². The third-order valence-corrected chi connectivity index (χ3v) is 2.51. The van der Waals surface area contributed by atoms with Crippen LogP contribution in [0.15, 0.2) is 5.38 Å². The highest BCUT2D eigenvalue weighted by atomic mass is 32.1. The second-order valence-electron chi connectivity index (χ2n) is 2.56. The molecule has 0 saturated carbocycles. The van der Waals surface area contributed by atoms with E-state index in [0.29, 0.717) is 6.42 Å². The molecule has 0 spiro atoms. The van der Waals surface area contributed by atoms with Gasteiger partial charge in [0.25, 0.3) is 0 Å². The number of nitrogens with one attached hydrogen (secondary N) is 1. The third kappa shape index (κ3) is 2.89. The second-order valence-corrected chi connectivity index (χ2v) is 3.50. The van der Waals surface area contributed by atoms with Gasteiger partial charge in [0.05, 0.1) is 10.7 Å². The molecule has 4 heteroatoms. The highest BCUT2D eigenvalue weighted by Crippen LogP contribution is 2.10. The Morgan fingerprint density at radius 1 is 1.58 bits per heavy atom. The van der Waals surface area contributed by atoms with Crippen LogP contribution in [0.1, 0.15) is 10.7 Å². The third-order valence-electron chi connectivity index (χ3n) is 1.56. The first-order valence-corrected chi connectivity index (χ1v) is 4.93. The minimum Gasteiger partial charge on any atom is -0.396 e. The molecule has 1 aromatic rings. The van der Waals surface area contributed by atoms with Gasteiger partial charge in [0.2, 0.25) is 0 Å². The highest BCUT2D eigenvalue weighted by molar-refractivity contribution is 7.09. The lowest BCUT2D eigenvalue weighted by atomic mass is 10.3. The number of aliphatic hydroxyl groups is 1. The summed E-state index contributed by atoms with van der Waals surface area (Å²) in [7, 11) is 1.93. The smallest absolute Gasteiger partial charge is 0.0951 e. The molecule has 0 aliphatic rings. The van der Waals surface area contributed by atoms with E-state index in [4.69, 9.17) is 5.11 Å². The minimum absolute atomic E-state index is 0.193. The van der Waals surface area contributed by atoms with Gasteiger partial charge in [-0.2, -0.15) is 0 Å². The van der Waals surface area contributed by atoms with Crippen molar-refractivity contribution in [3.8, 4) is 0 Å². The maximum absolute atomic E-state index is 8.66. The lowest BCUT2D eigenvalue weighted by molar-refractivity contribution is 0.299. The Balaban J connectivity index is 2.41. The van der Waals surface area contributed by atoms with E-state index in [-0.39, 0.29) is 6.61 Å². The van der Waals surface area contributed by atoms with Crippen molar-refractivity contribution in [3.05, 3.63) is 16.1 Å². The van der Waals surface area contributed by atoms with Crippen LogP contribution in [0, 0.1) is 0 Å². The van der Waals surface area contributed by atoms with Crippen molar-refractivity contribution in [2.24, 2.45) is 0 Å². The van der Waals surface area contributed by atoms with E-state index in [1.807, 2.05) is 7.05 Å². The number of aliphatic hydroxyl groups excluding tert-OH is 1. The van der Waals surface area contributed by atoms with Crippen molar-refractivity contribution < 1.29 is 5.11 Å². The lowest BCUT2D eigenvalue weighted by Gasteiger charge is -1.93. The van der Waals surface area contributed by atoms with E-state index in [1.165, 1.54) is 0 Å². The molecule has 0 unspecified atom stereocenters. The summed E-state index contributed by atoms with van der Waals surface area (Å²) in [6.07, 6.45) is 1.66. The number of likely N-dealkylation sites (N-methyl/N-ethyl adjacent to an activating group) is 1. The van der Waals surface area contributed by atoms with Gasteiger partial charge in [0, 0.05) is 31.4 Å². The molecule has 1 aromatic heterocycles. The number of rotatable bonds is 5. The van der Waals surface area contributed by atoms with Gasteiger partial charge in [0.15, 0.2) is 0 Å². The zero-order valence-electron chi connectivity index (χ0n) is 7.21. The standard InChI is InChI=1S/C8H14N2OS/c1-9-4-2-7-6-12-8(10-7)3-5-11/h6,9,11H,2-5H2,1H3. The van der Waals surface area contributed by atoms with E-state index >= 15 is 0 Å². The molecule has 0 bridgehead atoms. The second kappa shape index (κ2) is 5.24. The SMILES string of the molecule is CNCCc1csc(CCO)n1. The van der Waals surface area contributed by atoms with Crippen molar-refractivity contribution in [2.45, 2.75) is 12.8 Å². The van der Waals surface area contributed by atoms with Crippen LogP contribution in [0.2, 0.25) is 0 Å². The number of hydrogen-bond acceptors (Lipinski definition) is 4. The number of aromatic nitrogens is 1. The van der Waals surface area contributed by atoms with Crippen LogP contribution in [-0.2, 0) is 12.8 Å². The van der Waals surface area contributed by atoms with Gasteiger partial charge in [-0.15, -0.1) is 11.3 Å². The number of hydrogen-bond donors (Lipinski definition) is 2. The Morgan fingerprint density at radius 2 is 2.42 bits per heavy atom. The summed E-state index contributed by atoms with van der Waals surface area (Å²) in [5.74, 6) is 0. The molecule has 0 atom stereocenters. The van der Waals surface area contributed by atoms with Gasteiger partial charge in [-0.25, -0.2) is 4.98 Å². The maximum Gasteiger partial charge on any atom is 0.0951 e. The van der Waals surface area contributed by atoms with E-state index < -0.39 is 0 Å². The molecule has 0 saturated heterocycles. The topological polar surface area (TPSA) is 45.1 Å². The zero-order valence-corrected chi connectivity index (χ0v) is 8.02. The molecular weight excluding hydrogens is 172 g/mol. The molecule has 0 fully saturated rings. The summed E-state index contributed by atoms with van der Waals surface area (Å²) < 4.78 is 0. The summed E-state index contributed by atoms with van der Waals surface area (Å²) in [5.41, 5.74) is 1.12. The fraction of sp³-hybridized carbons (Fsp3) is 0.625. The molecule has 68 valence electrons. The Kier molecular flexibility index (Phi) is 4.21. The first kappa shape index (κ1) is 9.64. The predicted octanol–water partition coefficient (Wildman–Crippen LogP) is 0.440. The molecule has 2 N–H and O–H groups in total. The average Bonchev–Trinajstić information content (AvgIpc) is 2.50. The van der Waals surface area contributed by atoms with Gasteiger partial charge >= 0.3 is 0 Å². The fourth-order valence-electron chi connectivity index (χ4n) is 0.927. The van der Waals surface area contributed by atoms with Crippen LogP contribution in [0.5, 0.6) is 0 Å². The van der Waals surface area contributed by atoms with Gasteiger partial charge in [-0.05, 0) is 7.05 Å². The maximum atomic E-state index is 8.66. The van der Waals surface area contributed by atoms with Gasteiger partial charge in [-0.1, -0.05) is 0 Å². The number of thiazole rings is 1. The fourth-order valence-corrected chi connectivity index (χ4v) is 1.75. The Labute approximate surface area is 76.5 Å². The predicted molar refractivity (Wildman–Crippen MR) is 50.5 cm³/mol. The molecule has 0 radical (unpaired) electrons. The van der Waals surface area contributed by atoms with Crippen LogP contribution < -0.4 is 5.32 Å². The van der Waals surface area contributed by atoms with Crippen molar-refractivity contribution >= 4 is 11.3 Å². The largest absolute Gasteiger partial charge is 0.396 e. The van der Waals surface area contributed by atoms with E-state index in [1.54, 1.807) is 11.3 Å². The normalized spacial score (nSPS) is 10.5. The summed E-state index contributed by atoms with van der Waals surface area (Å²) in [5, 5.41) is 14.8. The van der Waals surface area contributed by atoms with E-state index in [2.05, 4.69) is 15.7 Å². The molecule has 0 aliphatic heterocycles. The van der Waals surface area contributed by atoms with Crippen LogP contribution in [0.25, 0.3) is 0 Å². The van der Waals surface area contributed by atoms with Gasteiger partial charge in [-0.3, -0.25) is 0 Å². The van der Waals surface area contributed by atoms with Gasteiger partial charge < -0.3 is 10.4 Å². The molecule has 0 aliphatic carbocycles. The average molecular weight is 186 g/mol. The molecule has 1 rings (SSSR count). The summed E-state index contributed by atoms with van der Waals surface area (Å²) >= 11 is 1.63. The van der Waals surface area contributed by atoms with Gasteiger partial charge in [0.1, 0.15) is 0 Å². The lowest BCUT2D eigenvalue weighted by Crippen LogP contribution is -2.10. The monoisotopic (exact) mass is 186 g/mol. The molecule has 0 amide bonds. The molecular formula is C8H14N2OS. The first-order chi connectivity index (χ1) is 5.86. The van der Waals surface area contributed by atoms with Crippen LogP contribution >= 0.6 is 11.3 Å². The van der Waals surface area contributed by atoms with Crippen LogP contribution in [0.3, 0.4) is 0 Å².